The first-order valence-corrected chi connectivity index (χ1v) is 11.2. The maximum Gasteiger partial charge on any atom is 0.241 e. The summed E-state index contributed by atoms with van der Waals surface area (Å²) in [6, 6.07) is 10.1. The number of nitrogens with zero attached hydrogens (tertiary/aromatic N) is 3. The highest BCUT2D eigenvalue weighted by molar-refractivity contribution is 6.36. The van der Waals surface area contributed by atoms with Gasteiger partial charge in [0, 0.05) is 21.5 Å². The standard InChI is InChI=1S/C21H18Cl4N4O2/c22-13-1-3-15(17(25)9-13)20-27-19(31-28-20)11-29-7-5-12(6-8-29)21(30)26-18-10-14(23)2-4-16(18)24/h1-4,9-10,12H,5-8,11H2,(H,26,30). The van der Waals surface area contributed by atoms with E-state index in [-0.39, 0.29) is 11.8 Å². The van der Waals surface area contributed by atoms with Crippen LogP contribution in [-0.4, -0.2) is 34.0 Å². The average Bonchev–Trinajstić information content (AvgIpc) is 3.19. The van der Waals surface area contributed by atoms with Crippen molar-refractivity contribution in [2.24, 2.45) is 5.92 Å². The lowest BCUT2D eigenvalue weighted by Crippen LogP contribution is -2.37. The van der Waals surface area contributed by atoms with Crippen LogP contribution in [0.4, 0.5) is 5.69 Å². The molecule has 2 heterocycles. The van der Waals surface area contributed by atoms with E-state index >= 15 is 0 Å². The second-order valence-electron chi connectivity index (χ2n) is 7.30. The molecule has 3 aromatic rings. The fourth-order valence-corrected chi connectivity index (χ4v) is 4.30. The minimum absolute atomic E-state index is 0.0544. The molecule has 0 saturated carbocycles. The molecule has 162 valence electrons. The van der Waals surface area contributed by atoms with Gasteiger partial charge in [0.05, 0.1) is 22.3 Å². The largest absolute Gasteiger partial charge is 0.338 e. The zero-order chi connectivity index (χ0) is 22.0. The van der Waals surface area contributed by atoms with Crippen LogP contribution >= 0.6 is 46.4 Å². The molecule has 0 radical (unpaired) electrons. The molecule has 2 aromatic carbocycles. The van der Waals surface area contributed by atoms with Gasteiger partial charge in [0.15, 0.2) is 0 Å². The molecule has 6 nitrogen and oxygen atoms in total. The Hall–Kier alpha value is -1.83. The monoisotopic (exact) mass is 498 g/mol. The number of carbonyl (C=O) groups excluding carboxylic acids is 1. The number of hydrogen-bond donors (Lipinski definition) is 1. The molecule has 1 amide bonds. The van der Waals surface area contributed by atoms with Gasteiger partial charge in [-0.2, -0.15) is 4.98 Å². The van der Waals surface area contributed by atoms with Crippen molar-refractivity contribution in [3.63, 3.8) is 0 Å². The van der Waals surface area contributed by atoms with Crippen LogP contribution in [0.2, 0.25) is 20.1 Å². The number of likely N-dealkylation sites (tertiary alicyclic amines) is 1. The summed E-state index contributed by atoms with van der Waals surface area (Å²) < 4.78 is 5.38. The van der Waals surface area contributed by atoms with Crippen molar-refractivity contribution < 1.29 is 9.32 Å². The molecule has 0 unspecified atom stereocenters. The van der Waals surface area contributed by atoms with Gasteiger partial charge >= 0.3 is 0 Å². The summed E-state index contributed by atoms with van der Waals surface area (Å²) in [5.41, 5.74) is 1.19. The lowest BCUT2D eigenvalue weighted by Gasteiger charge is -2.30. The van der Waals surface area contributed by atoms with Crippen LogP contribution in [0.5, 0.6) is 0 Å². The number of benzene rings is 2. The van der Waals surface area contributed by atoms with Crippen LogP contribution in [0.3, 0.4) is 0 Å². The zero-order valence-corrected chi connectivity index (χ0v) is 19.3. The van der Waals surface area contributed by atoms with Crippen LogP contribution in [0.1, 0.15) is 18.7 Å². The minimum atomic E-state index is -0.0996. The molecular formula is C21H18Cl4N4O2. The van der Waals surface area contributed by atoms with Crippen LogP contribution in [0.15, 0.2) is 40.9 Å². The summed E-state index contributed by atoms with van der Waals surface area (Å²) >= 11 is 24.3. The molecular weight excluding hydrogens is 482 g/mol. The van der Waals surface area contributed by atoms with Gasteiger partial charge in [-0.25, -0.2) is 0 Å². The first kappa shape index (κ1) is 22.4. The van der Waals surface area contributed by atoms with E-state index in [1.54, 1.807) is 36.4 Å². The lowest BCUT2D eigenvalue weighted by molar-refractivity contribution is -0.121. The Kier molecular flexibility index (Phi) is 7.04. The number of nitrogens with one attached hydrogen (secondary N) is 1. The third kappa shape index (κ3) is 5.51. The Balaban J connectivity index is 1.32. The van der Waals surface area contributed by atoms with Crippen LogP contribution in [-0.2, 0) is 11.3 Å². The van der Waals surface area contributed by atoms with Crippen molar-refractivity contribution >= 4 is 58.0 Å². The number of aromatic nitrogens is 2. The van der Waals surface area contributed by atoms with Crippen molar-refractivity contribution in [1.29, 1.82) is 0 Å². The summed E-state index contributed by atoms with van der Waals surface area (Å²) in [6.07, 6.45) is 1.43. The normalized spacial score (nSPS) is 15.2. The molecule has 10 heteroatoms. The molecule has 1 aliphatic rings. The quantitative estimate of drug-likeness (QED) is 0.452. The predicted octanol–water partition coefficient (Wildman–Crippen LogP) is 6.20. The molecule has 1 N–H and O–H groups in total. The summed E-state index contributed by atoms with van der Waals surface area (Å²) in [6.45, 7) is 1.98. The molecule has 0 atom stereocenters. The number of rotatable bonds is 5. The van der Waals surface area contributed by atoms with E-state index in [4.69, 9.17) is 50.9 Å². The highest BCUT2D eigenvalue weighted by Gasteiger charge is 2.26. The van der Waals surface area contributed by atoms with Gasteiger partial charge in [0.1, 0.15) is 0 Å². The van der Waals surface area contributed by atoms with Gasteiger partial charge in [-0.1, -0.05) is 51.6 Å². The highest BCUT2D eigenvalue weighted by Crippen LogP contribution is 2.29. The minimum Gasteiger partial charge on any atom is -0.338 e. The summed E-state index contributed by atoms with van der Waals surface area (Å²) in [4.78, 5) is 19.2. The van der Waals surface area contributed by atoms with Crippen molar-refractivity contribution in [2.75, 3.05) is 18.4 Å². The molecule has 4 rings (SSSR count). The number of hydrogen-bond acceptors (Lipinski definition) is 5. The molecule has 1 saturated heterocycles. The van der Waals surface area contributed by atoms with E-state index in [9.17, 15) is 4.79 Å². The van der Waals surface area contributed by atoms with Crippen LogP contribution < -0.4 is 5.32 Å². The van der Waals surface area contributed by atoms with E-state index in [1.165, 1.54) is 0 Å². The van der Waals surface area contributed by atoms with E-state index in [0.29, 0.717) is 62.4 Å². The van der Waals surface area contributed by atoms with Crippen molar-refractivity contribution in [1.82, 2.24) is 15.0 Å². The Morgan fingerprint density at radius 1 is 1.03 bits per heavy atom. The van der Waals surface area contributed by atoms with Gasteiger partial charge in [-0.15, -0.1) is 0 Å². The van der Waals surface area contributed by atoms with Crippen LogP contribution in [0.25, 0.3) is 11.4 Å². The van der Waals surface area contributed by atoms with Crippen molar-refractivity contribution in [3.05, 3.63) is 62.4 Å². The molecule has 1 aliphatic heterocycles. The van der Waals surface area contributed by atoms with Gasteiger partial charge in [0.2, 0.25) is 17.6 Å². The lowest BCUT2D eigenvalue weighted by atomic mass is 9.96. The first-order valence-electron chi connectivity index (χ1n) is 9.65. The van der Waals surface area contributed by atoms with Gasteiger partial charge < -0.3 is 9.84 Å². The Bertz CT molecular complexity index is 1100. The first-order chi connectivity index (χ1) is 14.9. The SMILES string of the molecule is O=C(Nc1cc(Cl)ccc1Cl)C1CCN(Cc2nc(-c3ccc(Cl)cc3Cl)no2)CC1. The van der Waals surface area contributed by atoms with Crippen molar-refractivity contribution in [2.45, 2.75) is 19.4 Å². The van der Waals surface area contributed by atoms with Crippen molar-refractivity contribution in [3.8, 4) is 11.4 Å². The molecule has 31 heavy (non-hydrogen) atoms. The second kappa shape index (κ2) is 9.76. The van der Waals surface area contributed by atoms with E-state index < -0.39 is 0 Å². The molecule has 1 aromatic heterocycles. The van der Waals surface area contributed by atoms with Gasteiger partial charge in [0.25, 0.3) is 0 Å². The zero-order valence-electron chi connectivity index (χ0n) is 16.2. The third-order valence-corrected chi connectivity index (χ3v) is 6.26. The van der Waals surface area contributed by atoms with Gasteiger partial charge in [-0.3, -0.25) is 9.69 Å². The number of anilines is 1. The summed E-state index contributed by atoms with van der Waals surface area (Å²) in [7, 11) is 0. The Labute approximate surface area is 199 Å². The number of piperidine rings is 1. The number of amides is 1. The molecule has 0 aliphatic carbocycles. The topological polar surface area (TPSA) is 71.3 Å². The Morgan fingerprint density at radius 2 is 1.74 bits per heavy atom. The molecule has 0 bridgehead atoms. The third-order valence-electron chi connectivity index (χ3n) is 5.14. The number of halogens is 4. The average molecular weight is 500 g/mol. The number of carbonyl (C=O) groups is 1. The molecule has 0 spiro atoms. The second-order valence-corrected chi connectivity index (χ2v) is 8.99. The fraction of sp³-hybridized carbons (Fsp3) is 0.286. The van der Waals surface area contributed by atoms with Gasteiger partial charge in [-0.05, 0) is 62.3 Å². The highest BCUT2D eigenvalue weighted by atomic mass is 35.5. The van der Waals surface area contributed by atoms with E-state index in [0.717, 1.165) is 13.1 Å². The smallest absolute Gasteiger partial charge is 0.241 e. The maximum atomic E-state index is 12.6. The predicted molar refractivity (Wildman–Crippen MR) is 123 cm³/mol. The maximum absolute atomic E-state index is 12.6. The summed E-state index contributed by atoms with van der Waals surface area (Å²) in [5, 5.41) is 8.89. The Morgan fingerprint density at radius 3 is 2.48 bits per heavy atom. The van der Waals surface area contributed by atoms with E-state index in [2.05, 4.69) is 20.4 Å². The summed E-state index contributed by atoms with van der Waals surface area (Å²) in [5.74, 6) is 0.762. The van der Waals surface area contributed by atoms with E-state index in [1.807, 2.05) is 0 Å². The fourth-order valence-electron chi connectivity index (χ4n) is 3.47. The molecule has 1 fully saturated rings. The van der Waals surface area contributed by atoms with Crippen LogP contribution in [0, 0.1) is 5.92 Å².